The van der Waals surface area contributed by atoms with Crippen molar-refractivity contribution in [3.8, 4) is 28.8 Å². The van der Waals surface area contributed by atoms with Gasteiger partial charge in [-0.1, -0.05) is 18.2 Å². The van der Waals surface area contributed by atoms with Gasteiger partial charge in [0.25, 0.3) is 11.8 Å². The summed E-state index contributed by atoms with van der Waals surface area (Å²) in [5.41, 5.74) is 7.71. The number of ether oxygens (including phenoxy) is 1. The standard InChI is InChI=1S/C27H20FN5O3/c28-22-11-8-20(9-12-22)27-21(17-33(32-27)23-4-2-1-3-5-23)10-15-25(34)30-31-26(35)18-36-24-13-6-19(16-29)7-14-24/h1-15,17H,18H2,(H,30,34)(H,31,35)/b15-10+. The third-order valence-electron chi connectivity index (χ3n) is 4.97. The molecule has 0 aliphatic rings. The average Bonchev–Trinajstić information content (AvgIpc) is 3.35. The Labute approximate surface area is 206 Å². The minimum absolute atomic E-state index is 0.325. The predicted molar refractivity (Wildman–Crippen MR) is 131 cm³/mol. The number of carbonyl (C=O) groups is 2. The number of aromatic nitrogens is 2. The van der Waals surface area contributed by atoms with E-state index in [0.717, 1.165) is 5.69 Å². The lowest BCUT2D eigenvalue weighted by atomic mass is 10.1. The predicted octanol–water partition coefficient (Wildman–Crippen LogP) is 3.79. The van der Waals surface area contributed by atoms with Crippen LogP contribution >= 0.6 is 0 Å². The number of benzene rings is 3. The van der Waals surface area contributed by atoms with Crippen LogP contribution in [0.15, 0.2) is 91.1 Å². The summed E-state index contributed by atoms with van der Waals surface area (Å²) in [5.74, 6) is -1.08. The molecule has 0 fully saturated rings. The molecule has 2 amide bonds. The molecule has 8 nitrogen and oxygen atoms in total. The molecule has 0 atom stereocenters. The van der Waals surface area contributed by atoms with Crippen LogP contribution in [0.25, 0.3) is 23.0 Å². The SMILES string of the molecule is N#Cc1ccc(OCC(=O)NNC(=O)/C=C/c2cn(-c3ccccc3)nc2-c2ccc(F)cc2)cc1. The molecule has 36 heavy (non-hydrogen) atoms. The van der Waals surface area contributed by atoms with E-state index in [2.05, 4.69) is 16.0 Å². The van der Waals surface area contributed by atoms with Gasteiger partial charge in [0.1, 0.15) is 11.6 Å². The highest BCUT2D eigenvalue weighted by atomic mass is 19.1. The minimum Gasteiger partial charge on any atom is -0.484 e. The van der Waals surface area contributed by atoms with Crippen molar-refractivity contribution in [2.75, 3.05) is 6.61 Å². The average molecular weight is 481 g/mol. The second kappa shape index (κ2) is 11.3. The zero-order chi connectivity index (χ0) is 25.3. The molecule has 9 heteroatoms. The Morgan fingerprint density at radius 1 is 1.00 bits per heavy atom. The van der Waals surface area contributed by atoms with Crippen LogP contribution < -0.4 is 15.6 Å². The van der Waals surface area contributed by atoms with Crippen LogP contribution in [0, 0.1) is 17.1 Å². The molecule has 0 saturated heterocycles. The van der Waals surface area contributed by atoms with E-state index < -0.39 is 11.8 Å². The van der Waals surface area contributed by atoms with Gasteiger partial charge in [-0.15, -0.1) is 0 Å². The molecule has 0 spiro atoms. The van der Waals surface area contributed by atoms with Gasteiger partial charge in [-0.25, -0.2) is 9.07 Å². The maximum Gasteiger partial charge on any atom is 0.276 e. The summed E-state index contributed by atoms with van der Waals surface area (Å²) in [6.45, 7) is -0.325. The first-order valence-electron chi connectivity index (χ1n) is 10.8. The van der Waals surface area contributed by atoms with Gasteiger partial charge in [0.2, 0.25) is 0 Å². The number of nitriles is 1. The third-order valence-corrected chi connectivity index (χ3v) is 4.97. The molecule has 0 aliphatic carbocycles. The second-order valence-electron chi connectivity index (χ2n) is 7.52. The number of nitrogens with zero attached hydrogens (tertiary/aromatic N) is 3. The zero-order valence-electron chi connectivity index (χ0n) is 18.9. The van der Waals surface area contributed by atoms with E-state index in [9.17, 15) is 14.0 Å². The maximum absolute atomic E-state index is 13.4. The fourth-order valence-electron chi connectivity index (χ4n) is 3.20. The van der Waals surface area contributed by atoms with Crippen LogP contribution in [0.2, 0.25) is 0 Å². The molecular weight excluding hydrogens is 461 g/mol. The minimum atomic E-state index is -0.570. The highest BCUT2D eigenvalue weighted by Gasteiger charge is 2.11. The normalized spacial score (nSPS) is 10.6. The Bertz CT molecular complexity index is 1420. The summed E-state index contributed by atoms with van der Waals surface area (Å²) in [7, 11) is 0. The van der Waals surface area contributed by atoms with E-state index in [-0.39, 0.29) is 12.4 Å². The second-order valence-corrected chi connectivity index (χ2v) is 7.52. The van der Waals surface area contributed by atoms with Gasteiger partial charge in [0, 0.05) is 23.4 Å². The first kappa shape index (κ1) is 23.9. The van der Waals surface area contributed by atoms with Gasteiger partial charge in [-0.2, -0.15) is 10.4 Å². The van der Waals surface area contributed by atoms with Crippen molar-refractivity contribution in [1.29, 1.82) is 5.26 Å². The molecule has 178 valence electrons. The quantitative estimate of drug-likeness (QED) is 0.308. The number of rotatable bonds is 7. The molecule has 0 unspecified atom stereocenters. The van der Waals surface area contributed by atoms with Crippen molar-refractivity contribution >= 4 is 17.9 Å². The van der Waals surface area contributed by atoms with E-state index in [1.807, 2.05) is 36.4 Å². The van der Waals surface area contributed by atoms with Crippen molar-refractivity contribution in [3.63, 3.8) is 0 Å². The molecule has 3 aromatic carbocycles. The number of amides is 2. The first-order chi connectivity index (χ1) is 17.5. The van der Waals surface area contributed by atoms with Gasteiger partial charge in [-0.3, -0.25) is 20.4 Å². The molecular formula is C27H20FN5O3. The summed E-state index contributed by atoms with van der Waals surface area (Å²) in [6.07, 6.45) is 4.56. The van der Waals surface area contributed by atoms with Crippen LogP contribution in [-0.2, 0) is 9.59 Å². The Balaban J connectivity index is 1.40. The maximum atomic E-state index is 13.4. The number of hydrogen-bond acceptors (Lipinski definition) is 5. The third kappa shape index (κ3) is 6.21. The van der Waals surface area contributed by atoms with Gasteiger partial charge >= 0.3 is 0 Å². The van der Waals surface area contributed by atoms with E-state index in [4.69, 9.17) is 10.00 Å². The van der Waals surface area contributed by atoms with Gasteiger partial charge in [0.15, 0.2) is 6.61 Å². The van der Waals surface area contributed by atoms with Gasteiger partial charge in [0.05, 0.1) is 23.0 Å². The Hall–Kier alpha value is -5.23. The van der Waals surface area contributed by atoms with Crippen molar-refractivity contribution < 1.29 is 18.7 Å². The lowest BCUT2D eigenvalue weighted by Gasteiger charge is -2.07. The number of nitrogens with one attached hydrogen (secondary N) is 2. The number of halogens is 1. The number of hydrogen-bond donors (Lipinski definition) is 2. The fraction of sp³-hybridized carbons (Fsp3) is 0.0370. The van der Waals surface area contributed by atoms with Gasteiger partial charge in [-0.05, 0) is 66.7 Å². The van der Waals surface area contributed by atoms with E-state index in [1.165, 1.54) is 18.2 Å². The topological polar surface area (TPSA) is 109 Å². The number of para-hydroxylation sites is 1. The highest BCUT2D eigenvalue weighted by Crippen LogP contribution is 2.25. The number of carbonyl (C=O) groups excluding carboxylic acids is 2. The molecule has 0 bridgehead atoms. The Kier molecular flexibility index (Phi) is 7.48. The molecule has 1 aromatic heterocycles. The van der Waals surface area contributed by atoms with Crippen molar-refractivity contribution in [2.24, 2.45) is 0 Å². The van der Waals surface area contributed by atoms with E-state index >= 15 is 0 Å². The van der Waals surface area contributed by atoms with Crippen LogP contribution in [0.5, 0.6) is 5.75 Å². The fourth-order valence-corrected chi connectivity index (χ4v) is 3.20. The lowest BCUT2D eigenvalue weighted by Crippen LogP contribution is -2.43. The van der Waals surface area contributed by atoms with E-state index in [0.29, 0.717) is 28.1 Å². The molecule has 4 aromatic rings. The van der Waals surface area contributed by atoms with Crippen molar-refractivity contribution in [2.45, 2.75) is 0 Å². The van der Waals surface area contributed by atoms with Crippen LogP contribution in [0.4, 0.5) is 4.39 Å². The molecule has 2 N–H and O–H groups in total. The lowest BCUT2D eigenvalue weighted by molar-refractivity contribution is -0.128. The van der Waals surface area contributed by atoms with Gasteiger partial charge < -0.3 is 4.74 Å². The molecule has 0 radical (unpaired) electrons. The van der Waals surface area contributed by atoms with Crippen LogP contribution in [0.1, 0.15) is 11.1 Å². The summed E-state index contributed by atoms with van der Waals surface area (Å²) >= 11 is 0. The summed E-state index contributed by atoms with van der Waals surface area (Å²) < 4.78 is 20.4. The Morgan fingerprint density at radius 2 is 1.72 bits per heavy atom. The molecule has 0 aliphatic heterocycles. The number of hydrazine groups is 1. The monoisotopic (exact) mass is 481 g/mol. The molecule has 0 saturated carbocycles. The summed E-state index contributed by atoms with van der Waals surface area (Å²) in [4.78, 5) is 24.2. The Morgan fingerprint density at radius 3 is 2.42 bits per heavy atom. The summed E-state index contributed by atoms with van der Waals surface area (Å²) in [5, 5.41) is 13.4. The van der Waals surface area contributed by atoms with Crippen molar-refractivity contribution in [1.82, 2.24) is 20.6 Å². The smallest absolute Gasteiger partial charge is 0.276 e. The van der Waals surface area contributed by atoms with Crippen LogP contribution in [0.3, 0.4) is 0 Å². The first-order valence-corrected chi connectivity index (χ1v) is 10.8. The molecule has 4 rings (SSSR count). The summed E-state index contributed by atoms with van der Waals surface area (Å²) in [6, 6.07) is 23.6. The highest BCUT2D eigenvalue weighted by molar-refractivity contribution is 5.94. The molecule has 1 heterocycles. The zero-order valence-corrected chi connectivity index (χ0v) is 18.9. The van der Waals surface area contributed by atoms with Crippen LogP contribution in [-0.4, -0.2) is 28.2 Å². The van der Waals surface area contributed by atoms with Crippen molar-refractivity contribution in [3.05, 3.63) is 108 Å². The largest absolute Gasteiger partial charge is 0.484 e. The van der Waals surface area contributed by atoms with E-state index in [1.54, 1.807) is 53.4 Å².